The van der Waals surface area contributed by atoms with Gasteiger partial charge < -0.3 is 0 Å². The van der Waals surface area contributed by atoms with Crippen LogP contribution in [0.2, 0.25) is 0 Å². The fourth-order valence-corrected chi connectivity index (χ4v) is 5.50. The van der Waals surface area contributed by atoms with Crippen LogP contribution >= 0.6 is 0 Å². The summed E-state index contributed by atoms with van der Waals surface area (Å²) in [5.41, 5.74) is 5.57. The van der Waals surface area contributed by atoms with Gasteiger partial charge in [0.05, 0.1) is 0 Å². The van der Waals surface area contributed by atoms with Crippen LogP contribution in [0.1, 0.15) is 76.3 Å². The van der Waals surface area contributed by atoms with Gasteiger partial charge in [0, 0.05) is 0 Å². The molecule has 1 aliphatic rings. The van der Waals surface area contributed by atoms with Crippen molar-refractivity contribution in [2.75, 3.05) is 0 Å². The van der Waals surface area contributed by atoms with Crippen molar-refractivity contribution in [2.24, 2.45) is 11.8 Å². The molecule has 0 nitrogen and oxygen atoms in total. The highest BCUT2D eigenvalue weighted by Crippen LogP contribution is 2.34. The maximum absolute atomic E-state index is 2.35. The molecule has 0 radical (unpaired) electrons. The molecule has 0 bridgehead atoms. The molecule has 0 heteroatoms. The summed E-state index contributed by atoms with van der Waals surface area (Å²) in [6, 6.07) is 23.2. The van der Waals surface area contributed by atoms with E-state index in [1.165, 1.54) is 84.4 Å². The fourth-order valence-electron chi connectivity index (χ4n) is 5.50. The average molecular weight is 425 g/mol. The van der Waals surface area contributed by atoms with E-state index in [1.807, 2.05) is 0 Å². The Kier molecular flexibility index (Phi) is 8.21. The molecule has 0 aromatic heterocycles. The predicted octanol–water partition coefficient (Wildman–Crippen LogP) is 9.55. The summed E-state index contributed by atoms with van der Waals surface area (Å²) in [4.78, 5) is 0. The van der Waals surface area contributed by atoms with Crippen molar-refractivity contribution in [3.63, 3.8) is 0 Å². The minimum Gasteiger partial charge on any atom is -0.0917 e. The molecule has 0 N–H and O–H groups in total. The van der Waals surface area contributed by atoms with Gasteiger partial charge in [0.1, 0.15) is 0 Å². The second kappa shape index (κ2) is 11.5. The van der Waals surface area contributed by atoms with Gasteiger partial charge in [-0.15, -0.1) is 0 Å². The second-order valence-corrected chi connectivity index (χ2v) is 9.92. The summed E-state index contributed by atoms with van der Waals surface area (Å²) >= 11 is 0. The predicted molar refractivity (Wildman–Crippen MR) is 141 cm³/mol. The van der Waals surface area contributed by atoms with Crippen molar-refractivity contribution in [1.82, 2.24) is 0 Å². The molecule has 0 spiro atoms. The van der Waals surface area contributed by atoms with Crippen molar-refractivity contribution in [3.05, 3.63) is 83.9 Å². The van der Waals surface area contributed by atoms with Crippen LogP contribution in [-0.2, 0) is 12.8 Å². The molecular weight excluding hydrogens is 384 g/mol. The van der Waals surface area contributed by atoms with Crippen molar-refractivity contribution >= 4 is 10.8 Å². The monoisotopic (exact) mass is 424 g/mol. The Morgan fingerprint density at radius 3 is 2.03 bits per heavy atom. The Balaban J connectivity index is 1.34. The number of hydrogen-bond acceptors (Lipinski definition) is 0. The zero-order chi connectivity index (χ0) is 22.2. The third-order valence-corrected chi connectivity index (χ3v) is 7.53. The molecule has 1 aliphatic carbocycles. The van der Waals surface area contributed by atoms with Gasteiger partial charge >= 0.3 is 0 Å². The third-order valence-electron chi connectivity index (χ3n) is 7.53. The second-order valence-electron chi connectivity index (χ2n) is 9.92. The van der Waals surface area contributed by atoms with Gasteiger partial charge in [0.15, 0.2) is 0 Å². The smallest absolute Gasteiger partial charge is 0.0178 e. The Morgan fingerprint density at radius 2 is 1.31 bits per heavy atom. The summed E-state index contributed by atoms with van der Waals surface area (Å²) in [6.07, 6.45) is 17.9. The quantitative estimate of drug-likeness (QED) is 0.300. The lowest BCUT2D eigenvalue weighted by Gasteiger charge is -2.28. The van der Waals surface area contributed by atoms with Gasteiger partial charge in [-0.05, 0) is 83.5 Å². The highest BCUT2D eigenvalue weighted by Gasteiger charge is 2.20. The normalized spacial score (nSPS) is 19.1. The van der Waals surface area contributed by atoms with Crippen LogP contribution in [0.4, 0.5) is 0 Å². The first-order valence-corrected chi connectivity index (χ1v) is 13.0. The Bertz CT molecular complexity index is 1000. The molecule has 4 rings (SSSR count). The van der Waals surface area contributed by atoms with Crippen molar-refractivity contribution in [3.8, 4) is 11.1 Å². The highest BCUT2D eigenvalue weighted by atomic mass is 14.3. The van der Waals surface area contributed by atoms with Crippen LogP contribution in [-0.4, -0.2) is 0 Å². The third kappa shape index (κ3) is 6.12. The van der Waals surface area contributed by atoms with E-state index in [0.717, 1.165) is 24.7 Å². The summed E-state index contributed by atoms with van der Waals surface area (Å²) in [5, 5.41) is 2.68. The SMILES string of the molecule is C/C=C/CCc1ccc2cc(-c3ccc(CCC4CCC(CCC)CC4)cc3)ccc2c1. The Morgan fingerprint density at radius 1 is 0.688 bits per heavy atom. The molecule has 3 aromatic carbocycles. The van der Waals surface area contributed by atoms with Crippen LogP contribution in [0.5, 0.6) is 0 Å². The van der Waals surface area contributed by atoms with Crippen LogP contribution in [0, 0.1) is 11.8 Å². The Hall–Kier alpha value is -2.34. The molecule has 0 saturated heterocycles. The minimum atomic E-state index is 0.950. The molecule has 0 amide bonds. The molecule has 0 atom stereocenters. The summed E-state index contributed by atoms with van der Waals surface area (Å²) in [5.74, 6) is 1.97. The van der Waals surface area contributed by atoms with E-state index >= 15 is 0 Å². The van der Waals surface area contributed by atoms with Crippen LogP contribution in [0.3, 0.4) is 0 Å². The molecule has 168 valence electrons. The van der Waals surface area contributed by atoms with Crippen molar-refractivity contribution in [1.29, 1.82) is 0 Å². The molecule has 0 heterocycles. The number of fused-ring (bicyclic) bond motifs is 1. The summed E-state index contributed by atoms with van der Waals surface area (Å²) in [6.45, 7) is 4.42. The average Bonchev–Trinajstić information content (AvgIpc) is 2.84. The van der Waals surface area contributed by atoms with Gasteiger partial charge in [-0.1, -0.05) is 112 Å². The molecule has 32 heavy (non-hydrogen) atoms. The minimum absolute atomic E-state index is 0.950. The van der Waals surface area contributed by atoms with E-state index in [4.69, 9.17) is 0 Å². The van der Waals surface area contributed by atoms with E-state index in [2.05, 4.69) is 86.7 Å². The van der Waals surface area contributed by atoms with Crippen LogP contribution in [0.15, 0.2) is 72.8 Å². The maximum Gasteiger partial charge on any atom is -0.0178 e. The first kappa shape index (κ1) is 22.8. The molecule has 1 fully saturated rings. The summed E-state index contributed by atoms with van der Waals surface area (Å²) < 4.78 is 0. The number of aryl methyl sites for hydroxylation is 2. The van der Waals surface area contributed by atoms with E-state index in [9.17, 15) is 0 Å². The zero-order valence-corrected chi connectivity index (χ0v) is 20.2. The van der Waals surface area contributed by atoms with Gasteiger partial charge in [-0.3, -0.25) is 0 Å². The van der Waals surface area contributed by atoms with Crippen LogP contribution in [0.25, 0.3) is 21.9 Å². The first-order chi connectivity index (χ1) is 15.7. The number of allylic oxidation sites excluding steroid dienone is 2. The van der Waals surface area contributed by atoms with Gasteiger partial charge in [0.2, 0.25) is 0 Å². The molecule has 0 aliphatic heterocycles. The standard InChI is InChI=1S/C32H40/c1-3-5-6-8-28-17-20-32-24-31(22-21-30(32)23-28)29-18-15-27(16-19-29)14-13-26-11-9-25(7-4-2)10-12-26/h3,5,15-26H,4,6-14H2,1-2H3/b5-3+. The molecule has 1 saturated carbocycles. The number of benzene rings is 3. The van der Waals surface area contributed by atoms with E-state index in [1.54, 1.807) is 0 Å². The lowest BCUT2D eigenvalue weighted by molar-refractivity contribution is 0.252. The van der Waals surface area contributed by atoms with E-state index in [-0.39, 0.29) is 0 Å². The van der Waals surface area contributed by atoms with Crippen LogP contribution < -0.4 is 0 Å². The largest absolute Gasteiger partial charge is 0.0917 e. The highest BCUT2D eigenvalue weighted by molar-refractivity contribution is 5.87. The van der Waals surface area contributed by atoms with Gasteiger partial charge in [0.25, 0.3) is 0 Å². The van der Waals surface area contributed by atoms with Crippen molar-refractivity contribution in [2.45, 2.75) is 78.1 Å². The van der Waals surface area contributed by atoms with Gasteiger partial charge in [-0.25, -0.2) is 0 Å². The maximum atomic E-state index is 2.35. The molecule has 3 aromatic rings. The van der Waals surface area contributed by atoms with E-state index in [0.29, 0.717) is 0 Å². The zero-order valence-electron chi connectivity index (χ0n) is 20.2. The lowest BCUT2D eigenvalue weighted by atomic mass is 9.78. The Labute approximate surface area is 195 Å². The number of hydrogen-bond donors (Lipinski definition) is 0. The number of rotatable bonds is 9. The lowest BCUT2D eigenvalue weighted by Crippen LogP contribution is -2.15. The molecule has 0 unspecified atom stereocenters. The van der Waals surface area contributed by atoms with Gasteiger partial charge in [-0.2, -0.15) is 0 Å². The molecular formula is C32H40. The first-order valence-electron chi connectivity index (χ1n) is 13.0. The fraction of sp³-hybridized carbons (Fsp3) is 0.438. The summed E-state index contributed by atoms with van der Waals surface area (Å²) in [7, 11) is 0. The van der Waals surface area contributed by atoms with E-state index < -0.39 is 0 Å². The van der Waals surface area contributed by atoms with Crippen molar-refractivity contribution < 1.29 is 0 Å². The topological polar surface area (TPSA) is 0 Å².